The van der Waals surface area contributed by atoms with Gasteiger partial charge in [-0.15, -0.1) is 0 Å². The van der Waals surface area contributed by atoms with Crippen LogP contribution in [0.4, 0.5) is 4.79 Å². The SMILES string of the molecule is COC(CNC(=O)N(C)Cc1cccc(C)c1)CC(=O)O. The van der Waals surface area contributed by atoms with Gasteiger partial charge in [-0.1, -0.05) is 29.8 Å². The van der Waals surface area contributed by atoms with Crippen LogP contribution in [0.2, 0.25) is 0 Å². The number of ether oxygens (including phenoxy) is 1. The van der Waals surface area contributed by atoms with E-state index in [0.29, 0.717) is 6.54 Å². The summed E-state index contributed by atoms with van der Waals surface area (Å²) in [6, 6.07) is 7.66. The van der Waals surface area contributed by atoms with Gasteiger partial charge in [-0.3, -0.25) is 4.79 Å². The van der Waals surface area contributed by atoms with E-state index in [9.17, 15) is 9.59 Å². The lowest BCUT2D eigenvalue weighted by molar-refractivity contribution is -0.139. The summed E-state index contributed by atoms with van der Waals surface area (Å²) >= 11 is 0. The molecule has 1 unspecified atom stereocenters. The molecular weight excluding hydrogens is 272 g/mol. The van der Waals surface area contributed by atoms with Crippen LogP contribution in [-0.2, 0) is 16.1 Å². The molecule has 6 nitrogen and oxygen atoms in total. The number of aliphatic carboxylic acids is 1. The van der Waals surface area contributed by atoms with Gasteiger partial charge < -0.3 is 20.1 Å². The Morgan fingerprint density at radius 2 is 2.14 bits per heavy atom. The van der Waals surface area contributed by atoms with E-state index in [2.05, 4.69) is 5.32 Å². The summed E-state index contributed by atoms with van der Waals surface area (Å²) in [5, 5.41) is 11.4. The van der Waals surface area contributed by atoms with Crippen molar-refractivity contribution in [1.82, 2.24) is 10.2 Å². The average Bonchev–Trinajstić information content (AvgIpc) is 2.42. The van der Waals surface area contributed by atoms with Crippen molar-refractivity contribution in [2.24, 2.45) is 0 Å². The second-order valence-electron chi connectivity index (χ2n) is 4.99. The molecule has 0 saturated heterocycles. The number of hydrogen-bond donors (Lipinski definition) is 2. The molecule has 0 radical (unpaired) electrons. The molecule has 0 saturated carbocycles. The Morgan fingerprint density at radius 3 is 2.71 bits per heavy atom. The van der Waals surface area contributed by atoms with Gasteiger partial charge in [-0.2, -0.15) is 0 Å². The first-order valence-corrected chi connectivity index (χ1v) is 6.71. The number of hydrogen-bond acceptors (Lipinski definition) is 3. The molecule has 0 aromatic heterocycles. The predicted octanol–water partition coefficient (Wildman–Crippen LogP) is 1.63. The normalized spacial score (nSPS) is 11.8. The van der Waals surface area contributed by atoms with Gasteiger partial charge in [-0.25, -0.2) is 4.79 Å². The number of benzene rings is 1. The quantitative estimate of drug-likeness (QED) is 0.801. The number of aryl methyl sites for hydroxylation is 1. The molecule has 1 aromatic carbocycles. The number of carboxylic acids is 1. The van der Waals surface area contributed by atoms with E-state index >= 15 is 0 Å². The zero-order valence-electron chi connectivity index (χ0n) is 12.6. The van der Waals surface area contributed by atoms with Crippen molar-refractivity contribution in [1.29, 1.82) is 0 Å². The van der Waals surface area contributed by atoms with Crippen LogP contribution < -0.4 is 5.32 Å². The number of carbonyl (C=O) groups excluding carboxylic acids is 1. The Labute approximate surface area is 124 Å². The Bertz CT molecular complexity index is 490. The maximum absolute atomic E-state index is 12.0. The molecule has 2 N–H and O–H groups in total. The number of carbonyl (C=O) groups is 2. The number of nitrogens with zero attached hydrogens (tertiary/aromatic N) is 1. The van der Waals surface area contributed by atoms with Crippen LogP contribution in [0.1, 0.15) is 17.5 Å². The van der Waals surface area contributed by atoms with Gasteiger partial charge in [0.2, 0.25) is 0 Å². The summed E-state index contributed by atoms with van der Waals surface area (Å²) in [5.41, 5.74) is 2.18. The molecule has 0 aliphatic carbocycles. The molecule has 1 aromatic rings. The molecule has 1 atom stereocenters. The lowest BCUT2D eigenvalue weighted by Gasteiger charge is -2.20. The maximum Gasteiger partial charge on any atom is 0.317 e. The van der Waals surface area contributed by atoms with Crippen LogP contribution in [0, 0.1) is 6.92 Å². The van der Waals surface area contributed by atoms with E-state index in [0.717, 1.165) is 11.1 Å². The van der Waals surface area contributed by atoms with E-state index < -0.39 is 12.1 Å². The predicted molar refractivity (Wildman–Crippen MR) is 79.1 cm³/mol. The van der Waals surface area contributed by atoms with Crippen LogP contribution >= 0.6 is 0 Å². The van der Waals surface area contributed by atoms with Crippen LogP contribution in [0.15, 0.2) is 24.3 Å². The average molecular weight is 294 g/mol. The van der Waals surface area contributed by atoms with Crippen molar-refractivity contribution in [3.63, 3.8) is 0 Å². The molecule has 0 aliphatic heterocycles. The summed E-state index contributed by atoms with van der Waals surface area (Å²) in [7, 11) is 3.12. The van der Waals surface area contributed by atoms with Crippen molar-refractivity contribution in [3.8, 4) is 0 Å². The highest BCUT2D eigenvalue weighted by Crippen LogP contribution is 2.06. The summed E-state index contributed by atoms with van der Waals surface area (Å²) in [4.78, 5) is 24.1. The standard InChI is InChI=1S/C15H22N2O4/c1-11-5-4-6-12(7-11)10-17(2)15(20)16-9-13(21-3)8-14(18)19/h4-7,13H,8-10H2,1-3H3,(H,16,20)(H,18,19). The van der Waals surface area contributed by atoms with Gasteiger partial charge in [-0.05, 0) is 12.5 Å². The van der Waals surface area contributed by atoms with Gasteiger partial charge in [0, 0.05) is 27.2 Å². The summed E-state index contributed by atoms with van der Waals surface area (Å²) < 4.78 is 5.01. The molecule has 0 fully saturated rings. The maximum atomic E-state index is 12.0. The smallest absolute Gasteiger partial charge is 0.317 e. The second kappa shape index (κ2) is 8.26. The third kappa shape index (κ3) is 6.27. The summed E-state index contributed by atoms with van der Waals surface area (Å²) in [6.45, 7) is 2.66. The molecule has 116 valence electrons. The van der Waals surface area contributed by atoms with E-state index in [4.69, 9.17) is 9.84 Å². The molecule has 0 spiro atoms. The highest BCUT2D eigenvalue weighted by molar-refractivity contribution is 5.74. The first kappa shape index (κ1) is 17.0. The highest BCUT2D eigenvalue weighted by Gasteiger charge is 2.15. The molecule has 2 amide bonds. The largest absolute Gasteiger partial charge is 0.481 e. The minimum absolute atomic E-state index is 0.141. The number of methoxy groups -OCH3 is 1. The Balaban J connectivity index is 2.45. The van der Waals surface area contributed by atoms with Crippen molar-refractivity contribution >= 4 is 12.0 Å². The number of carboxylic acid groups (broad SMARTS) is 1. The fraction of sp³-hybridized carbons (Fsp3) is 0.467. The van der Waals surface area contributed by atoms with Gasteiger partial charge in [0.15, 0.2) is 0 Å². The second-order valence-corrected chi connectivity index (χ2v) is 4.99. The molecule has 0 aliphatic rings. The Morgan fingerprint density at radius 1 is 1.43 bits per heavy atom. The number of rotatable bonds is 7. The lowest BCUT2D eigenvalue weighted by atomic mass is 10.1. The molecule has 0 bridgehead atoms. The van der Waals surface area contributed by atoms with Gasteiger partial charge in [0.05, 0.1) is 12.5 Å². The van der Waals surface area contributed by atoms with E-state index in [1.165, 1.54) is 7.11 Å². The van der Waals surface area contributed by atoms with E-state index in [1.807, 2.05) is 31.2 Å². The van der Waals surface area contributed by atoms with Gasteiger partial charge >= 0.3 is 12.0 Å². The first-order valence-electron chi connectivity index (χ1n) is 6.71. The Kier molecular flexibility index (Phi) is 6.68. The minimum atomic E-state index is -0.954. The van der Waals surface area contributed by atoms with Crippen LogP contribution in [0.5, 0.6) is 0 Å². The van der Waals surface area contributed by atoms with Crippen LogP contribution in [0.3, 0.4) is 0 Å². The Hall–Kier alpha value is -2.08. The lowest BCUT2D eigenvalue weighted by Crippen LogP contribution is -2.41. The van der Waals surface area contributed by atoms with Crippen molar-refractivity contribution < 1.29 is 19.4 Å². The van der Waals surface area contributed by atoms with E-state index in [-0.39, 0.29) is 19.0 Å². The number of urea groups is 1. The fourth-order valence-corrected chi connectivity index (χ4v) is 1.93. The van der Waals surface area contributed by atoms with Gasteiger partial charge in [0.1, 0.15) is 0 Å². The number of nitrogens with one attached hydrogen (secondary N) is 1. The van der Waals surface area contributed by atoms with Gasteiger partial charge in [0.25, 0.3) is 0 Å². The minimum Gasteiger partial charge on any atom is -0.481 e. The van der Waals surface area contributed by atoms with E-state index in [1.54, 1.807) is 11.9 Å². The molecule has 0 heterocycles. The molecule has 1 rings (SSSR count). The molecule has 21 heavy (non-hydrogen) atoms. The first-order chi connectivity index (χ1) is 9.92. The summed E-state index contributed by atoms with van der Waals surface area (Å²) in [6.07, 6.45) is -0.669. The fourth-order valence-electron chi connectivity index (χ4n) is 1.93. The molecule has 6 heteroatoms. The monoisotopic (exact) mass is 294 g/mol. The number of amides is 2. The van der Waals surface area contributed by atoms with Crippen LogP contribution in [0.25, 0.3) is 0 Å². The van der Waals surface area contributed by atoms with Crippen molar-refractivity contribution in [2.75, 3.05) is 20.7 Å². The zero-order valence-corrected chi connectivity index (χ0v) is 12.6. The third-order valence-electron chi connectivity index (χ3n) is 3.07. The molecular formula is C15H22N2O4. The van der Waals surface area contributed by atoms with Crippen LogP contribution in [-0.4, -0.2) is 48.8 Å². The highest BCUT2D eigenvalue weighted by atomic mass is 16.5. The van der Waals surface area contributed by atoms with Crippen molar-refractivity contribution in [2.45, 2.75) is 26.0 Å². The van der Waals surface area contributed by atoms with Crippen molar-refractivity contribution in [3.05, 3.63) is 35.4 Å². The third-order valence-corrected chi connectivity index (χ3v) is 3.07. The summed E-state index contributed by atoms with van der Waals surface area (Å²) in [5.74, 6) is -0.954. The topological polar surface area (TPSA) is 78.9 Å². The zero-order chi connectivity index (χ0) is 15.8.